The van der Waals surface area contributed by atoms with Gasteiger partial charge in [-0.05, 0) is 36.4 Å². The van der Waals surface area contributed by atoms with Crippen LogP contribution in [0.1, 0.15) is 5.56 Å². The van der Waals surface area contributed by atoms with E-state index < -0.39 is 29.7 Å². The van der Waals surface area contributed by atoms with Crippen LogP contribution in [-0.4, -0.2) is 29.1 Å². The third-order valence-corrected chi connectivity index (χ3v) is 5.70. The van der Waals surface area contributed by atoms with Crippen molar-refractivity contribution < 1.29 is 31.9 Å². The lowest BCUT2D eigenvalue weighted by Gasteiger charge is -2.18. The lowest BCUT2D eigenvalue weighted by molar-refractivity contribution is -0.274. The number of alkyl halides is 3. The van der Waals surface area contributed by atoms with Gasteiger partial charge < -0.3 is 10.1 Å². The van der Waals surface area contributed by atoms with E-state index in [2.05, 4.69) is 15.0 Å². The Morgan fingerprint density at radius 3 is 2.39 bits per heavy atom. The Balaban J connectivity index is 1.54. The first-order valence-electron chi connectivity index (χ1n) is 10.4. The Hall–Kier alpha value is -4.12. The molecule has 0 unspecified atom stereocenters. The molecule has 0 saturated heterocycles. The molecule has 1 aliphatic rings. The summed E-state index contributed by atoms with van der Waals surface area (Å²) in [5.74, 6) is -2.52. The number of carbonyl (C=O) groups is 2. The number of amidine groups is 1. The number of para-hydroxylation sites is 3. The maximum Gasteiger partial charge on any atom is 0.573 e. The van der Waals surface area contributed by atoms with Gasteiger partial charge in [0.25, 0.3) is 5.91 Å². The zero-order valence-corrected chi connectivity index (χ0v) is 19.1. The molecule has 1 N–H and O–H groups in total. The van der Waals surface area contributed by atoms with Crippen molar-refractivity contribution in [1.29, 1.82) is 0 Å². The first kappa shape index (κ1) is 25.0. The summed E-state index contributed by atoms with van der Waals surface area (Å²) in [5, 5.41) is 2.53. The van der Waals surface area contributed by atoms with Gasteiger partial charge in [-0.15, -0.1) is 13.2 Å². The Morgan fingerprint density at radius 2 is 1.67 bits per heavy atom. The minimum atomic E-state index is -4.92. The van der Waals surface area contributed by atoms with E-state index in [0.717, 1.165) is 17.8 Å². The number of halogens is 4. The number of aliphatic imine (C=N–C) groups is 1. The molecule has 2 amide bonds. The van der Waals surface area contributed by atoms with Crippen molar-refractivity contribution in [1.82, 2.24) is 0 Å². The standard InChI is InChI=1S/C25H17F4N3O3S/c26-18-11-5-4-8-16(18)14-20-23(34)32(17-9-2-1-3-10-17)24(31-20)36-15-22(33)30-19-12-6-7-13-21(19)35-25(27,28)29/h1-14H,15H2,(H,30,33). The Labute approximate surface area is 207 Å². The van der Waals surface area contributed by atoms with E-state index in [0.29, 0.717) is 5.69 Å². The molecular formula is C25H17F4N3O3S. The van der Waals surface area contributed by atoms with Crippen LogP contribution in [0.15, 0.2) is 89.6 Å². The molecule has 36 heavy (non-hydrogen) atoms. The van der Waals surface area contributed by atoms with Gasteiger partial charge in [-0.2, -0.15) is 0 Å². The van der Waals surface area contributed by atoms with Gasteiger partial charge in [-0.3, -0.25) is 14.5 Å². The quantitative estimate of drug-likeness (QED) is 0.331. The van der Waals surface area contributed by atoms with Crippen LogP contribution in [0.5, 0.6) is 5.75 Å². The summed E-state index contributed by atoms with van der Waals surface area (Å²) in [5.41, 5.74) is 0.457. The Morgan fingerprint density at radius 1 is 1.00 bits per heavy atom. The van der Waals surface area contributed by atoms with E-state index in [9.17, 15) is 27.2 Å². The summed E-state index contributed by atoms with van der Waals surface area (Å²) in [6, 6.07) is 19.6. The first-order valence-corrected chi connectivity index (χ1v) is 11.4. The molecule has 11 heteroatoms. The fraction of sp³-hybridized carbons (Fsp3) is 0.0800. The van der Waals surface area contributed by atoms with Crippen molar-refractivity contribution in [2.45, 2.75) is 6.36 Å². The number of hydrogen-bond acceptors (Lipinski definition) is 5. The average molecular weight is 515 g/mol. The minimum Gasteiger partial charge on any atom is -0.404 e. The molecule has 0 fully saturated rings. The van der Waals surface area contributed by atoms with Crippen molar-refractivity contribution in [2.24, 2.45) is 4.99 Å². The smallest absolute Gasteiger partial charge is 0.404 e. The maximum atomic E-state index is 14.1. The molecule has 0 atom stereocenters. The molecular weight excluding hydrogens is 498 g/mol. The van der Waals surface area contributed by atoms with Crippen LogP contribution in [0.2, 0.25) is 0 Å². The summed E-state index contributed by atoms with van der Waals surface area (Å²) in [4.78, 5) is 31.3. The van der Waals surface area contributed by atoms with Crippen LogP contribution in [-0.2, 0) is 9.59 Å². The van der Waals surface area contributed by atoms with Crippen molar-refractivity contribution in [3.63, 3.8) is 0 Å². The number of benzene rings is 3. The normalized spacial score (nSPS) is 14.7. The number of rotatable bonds is 6. The molecule has 6 nitrogen and oxygen atoms in total. The van der Waals surface area contributed by atoms with Gasteiger partial charge >= 0.3 is 6.36 Å². The number of hydrogen-bond donors (Lipinski definition) is 1. The molecule has 3 aromatic carbocycles. The van der Waals surface area contributed by atoms with Crippen LogP contribution in [0, 0.1) is 5.82 Å². The van der Waals surface area contributed by atoms with Gasteiger partial charge in [0.1, 0.15) is 11.5 Å². The predicted molar refractivity (Wildman–Crippen MR) is 130 cm³/mol. The van der Waals surface area contributed by atoms with E-state index in [1.807, 2.05) is 0 Å². The van der Waals surface area contributed by atoms with Gasteiger partial charge in [-0.25, -0.2) is 9.38 Å². The molecule has 0 aromatic heterocycles. The molecule has 0 radical (unpaired) electrons. The number of nitrogens with zero attached hydrogens (tertiary/aromatic N) is 2. The molecule has 0 saturated carbocycles. The molecule has 184 valence electrons. The number of amides is 2. The number of carbonyl (C=O) groups excluding carboxylic acids is 2. The summed E-state index contributed by atoms with van der Waals surface area (Å²) in [7, 11) is 0. The lowest BCUT2D eigenvalue weighted by Crippen LogP contribution is -2.31. The lowest BCUT2D eigenvalue weighted by atomic mass is 10.1. The van der Waals surface area contributed by atoms with E-state index >= 15 is 0 Å². The predicted octanol–water partition coefficient (Wildman–Crippen LogP) is 5.84. The number of anilines is 2. The van der Waals surface area contributed by atoms with Crippen LogP contribution in [0.4, 0.5) is 28.9 Å². The van der Waals surface area contributed by atoms with E-state index in [1.165, 1.54) is 47.4 Å². The van der Waals surface area contributed by atoms with Crippen molar-refractivity contribution in [3.05, 3.63) is 95.9 Å². The molecule has 0 bridgehead atoms. The molecule has 4 rings (SSSR count). The van der Waals surface area contributed by atoms with E-state index in [1.54, 1.807) is 36.4 Å². The highest BCUT2D eigenvalue weighted by Gasteiger charge is 2.33. The third-order valence-electron chi connectivity index (χ3n) is 4.76. The Kier molecular flexibility index (Phi) is 7.39. The monoisotopic (exact) mass is 515 g/mol. The van der Waals surface area contributed by atoms with E-state index in [-0.39, 0.29) is 27.9 Å². The van der Waals surface area contributed by atoms with Gasteiger partial charge in [0.05, 0.1) is 17.1 Å². The van der Waals surface area contributed by atoms with Crippen LogP contribution < -0.4 is 15.0 Å². The molecule has 1 aliphatic heterocycles. The van der Waals surface area contributed by atoms with Crippen molar-refractivity contribution in [3.8, 4) is 5.75 Å². The molecule has 3 aromatic rings. The van der Waals surface area contributed by atoms with Crippen LogP contribution in [0.25, 0.3) is 6.08 Å². The van der Waals surface area contributed by atoms with Gasteiger partial charge in [-0.1, -0.05) is 60.3 Å². The van der Waals surface area contributed by atoms with Crippen molar-refractivity contribution in [2.75, 3.05) is 16.0 Å². The fourth-order valence-electron chi connectivity index (χ4n) is 3.24. The summed E-state index contributed by atoms with van der Waals surface area (Å²) >= 11 is 0.901. The fourth-order valence-corrected chi connectivity index (χ4v) is 4.05. The molecule has 0 aliphatic carbocycles. The van der Waals surface area contributed by atoms with Crippen LogP contribution in [0.3, 0.4) is 0 Å². The Bertz CT molecular complexity index is 1340. The summed E-state index contributed by atoms with van der Waals surface area (Å²) in [6.07, 6.45) is -3.61. The van der Waals surface area contributed by atoms with Crippen molar-refractivity contribution >= 4 is 46.2 Å². The average Bonchev–Trinajstić information content (AvgIpc) is 3.15. The van der Waals surface area contributed by atoms with Gasteiger partial charge in [0, 0.05) is 5.56 Å². The highest BCUT2D eigenvalue weighted by Crippen LogP contribution is 2.32. The van der Waals surface area contributed by atoms with Gasteiger partial charge in [0.2, 0.25) is 5.91 Å². The zero-order valence-electron chi connectivity index (χ0n) is 18.3. The highest BCUT2D eigenvalue weighted by molar-refractivity contribution is 8.14. The SMILES string of the molecule is O=C(CSC1=NC(=Cc2ccccc2F)C(=O)N1c1ccccc1)Nc1ccccc1OC(F)(F)F. The molecule has 0 spiro atoms. The third kappa shape index (κ3) is 6.11. The molecule has 1 heterocycles. The largest absolute Gasteiger partial charge is 0.573 e. The number of nitrogens with one attached hydrogen (secondary N) is 1. The second kappa shape index (κ2) is 10.6. The topological polar surface area (TPSA) is 71.0 Å². The summed E-state index contributed by atoms with van der Waals surface area (Å²) in [6.45, 7) is 0. The van der Waals surface area contributed by atoms with Gasteiger partial charge in [0.15, 0.2) is 10.9 Å². The maximum absolute atomic E-state index is 14.1. The first-order chi connectivity index (χ1) is 17.2. The summed E-state index contributed by atoms with van der Waals surface area (Å²) < 4.78 is 56.0. The number of ether oxygens (including phenoxy) is 1. The second-order valence-corrected chi connectivity index (χ2v) is 8.24. The minimum absolute atomic E-state index is 0.0317. The van der Waals surface area contributed by atoms with E-state index in [4.69, 9.17) is 0 Å². The highest BCUT2D eigenvalue weighted by atomic mass is 32.2. The van der Waals surface area contributed by atoms with Crippen LogP contribution >= 0.6 is 11.8 Å². The number of thioether (sulfide) groups is 1. The second-order valence-electron chi connectivity index (χ2n) is 7.30. The zero-order chi connectivity index (χ0) is 25.7.